The van der Waals surface area contributed by atoms with Crippen LogP contribution in [-0.2, 0) is 28.6 Å². The number of carbonyl (C=O) groups is 3. The normalized spacial score (nSPS) is 9.57. The predicted molar refractivity (Wildman–Crippen MR) is 259 cm³/mol. The molecule has 11 nitrogen and oxygen atoms in total. The Balaban J connectivity index is -0.000000126. The van der Waals surface area contributed by atoms with Gasteiger partial charge in [0.25, 0.3) is 0 Å². The number of hydrogen-bond donors (Lipinski definition) is 4. The maximum Gasteiger partial charge on any atom is 0.306 e. The van der Waals surface area contributed by atoms with Crippen LogP contribution in [0, 0.1) is 0 Å². The van der Waals surface area contributed by atoms with E-state index in [0.29, 0.717) is 38.7 Å². The molecule has 0 aliphatic heterocycles. The van der Waals surface area contributed by atoms with E-state index in [9.17, 15) is 14.4 Å². The van der Waals surface area contributed by atoms with Crippen LogP contribution < -0.4 is 0 Å². The molecule has 0 unspecified atom stereocenters. The first-order chi connectivity index (χ1) is 28.1. The van der Waals surface area contributed by atoms with Crippen LogP contribution in [0.25, 0.3) is 0 Å². The maximum atomic E-state index is 11.4. The smallest absolute Gasteiger partial charge is 0.306 e. The lowest BCUT2D eigenvalue weighted by Gasteiger charge is -2.18. The Bertz CT molecular complexity index is 1030. The second-order valence-corrected chi connectivity index (χ2v) is 13.1. The number of rotatable bonds is 36. The minimum Gasteiger partial charge on any atom is -0.462 e. The lowest BCUT2D eigenvalue weighted by atomic mass is 10.1. The molecule has 0 aromatic carbocycles. The van der Waals surface area contributed by atoms with E-state index >= 15 is 0 Å². The molecule has 358 valence electrons. The van der Waals surface area contributed by atoms with Crippen molar-refractivity contribution < 1.29 is 49.0 Å². The Labute approximate surface area is 374 Å². The van der Waals surface area contributed by atoms with Gasteiger partial charge < -0.3 is 34.6 Å². The van der Waals surface area contributed by atoms with Crippen LogP contribution in [0.4, 0.5) is 0 Å². The summed E-state index contributed by atoms with van der Waals surface area (Å²) in [7, 11) is 0. The van der Waals surface area contributed by atoms with Gasteiger partial charge in [-0.3, -0.25) is 19.3 Å². The monoisotopic (exact) mass is 868 g/mol. The lowest BCUT2D eigenvalue weighted by Crippen LogP contribution is -2.24. The van der Waals surface area contributed by atoms with Gasteiger partial charge in [0.15, 0.2) is 0 Å². The summed E-state index contributed by atoms with van der Waals surface area (Å²) in [5.74, 6) is -0.756. The SMILES string of the molecule is C.C.C.C=CC(C=C)OC(=O)CCCCCO.C=CC(C=C)OC(=O)CCCO.C=CCC(CC=C)OC(=O)CCCCCO.C=CCN(CC=C)CCCCCCCCO. The summed E-state index contributed by atoms with van der Waals surface area (Å²) >= 11 is 0. The molecule has 0 aromatic heterocycles. The largest absolute Gasteiger partial charge is 0.462 e. The molecule has 0 bridgehead atoms. The first-order valence-electron chi connectivity index (χ1n) is 20.8. The van der Waals surface area contributed by atoms with Crippen LogP contribution in [0.3, 0.4) is 0 Å². The molecule has 0 atom stereocenters. The summed E-state index contributed by atoms with van der Waals surface area (Å²) in [6.07, 6.45) is 27.2. The predicted octanol–water partition coefficient (Wildman–Crippen LogP) is 10.4. The molecule has 61 heavy (non-hydrogen) atoms. The quantitative estimate of drug-likeness (QED) is 0.0205. The second-order valence-electron chi connectivity index (χ2n) is 13.1. The van der Waals surface area contributed by atoms with Gasteiger partial charge in [-0.15, -0.1) is 26.3 Å². The molecule has 0 spiro atoms. The number of ether oxygens (including phenoxy) is 3. The average molecular weight is 868 g/mol. The summed E-state index contributed by atoms with van der Waals surface area (Å²) in [5.41, 5.74) is 0. The van der Waals surface area contributed by atoms with Gasteiger partial charge in [0.2, 0.25) is 0 Å². The first kappa shape index (κ1) is 71.6. The van der Waals surface area contributed by atoms with Crippen molar-refractivity contribution in [3.05, 3.63) is 101 Å². The zero-order valence-corrected chi connectivity index (χ0v) is 35.9. The van der Waals surface area contributed by atoms with Gasteiger partial charge in [-0.05, 0) is 75.8 Å². The third-order valence-corrected chi connectivity index (χ3v) is 7.90. The zero-order valence-electron chi connectivity index (χ0n) is 35.9. The molecular formula is C50H93NO10. The van der Waals surface area contributed by atoms with Gasteiger partial charge in [-0.1, -0.05) is 111 Å². The van der Waals surface area contributed by atoms with E-state index in [1.165, 1.54) is 56.4 Å². The number of esters is 3. The molecule has 0 aliphatic carbocycles. The minimum atomic E-state index is -0.420. The van der Waals surface area contributed by atoms with Crippen molar-refractivity contribution >= 4 is 17.9 Å². The van der Waals surface area contributed by atoms with Crippen molar-refractivity contribution in [3.8, 4) is 0 Å². The first-order valence-corrected chi connectivity index (χ1v) is 20.8. The van der Waals surface area contributed by atoms with Gasteiger partial charge in [-0.2, -0.15) is 0 Å². The van der Waals surface area contributed by atoms with Crippen LogP contribution in [0.5, 0.6) is 0 Å². The summed E-state index contributed by atoms with van der Waals surface area (Å²) < 4.78 is 15.1. The van der Waals surface area contributed by atoms with Crippen molar-refractivity contribution in [2.45, 2.75) is 156 Å². The fraction of sp³-hybridized carbons (Fsp3) is 0.620. The molecule has 0 heterocycles. The average Bonchev–Trinajstić information content (AvgIpc) is 3.22. The van der Waals surface area contributed by atoms with Gasteiger partial charge in [0.1, 0.15) is 18.3 Å². The molecule has 11 heteroatoms. The number of unbranched alkanes of at least 4 members (excludes halogenated alkanes) is 9. The fourth-order valence-electron chi connectivity index (χ4n) is 4.73. The van der Waals surface area contributed by atoms with Crippen molar-refractivity contribution in [2.24, 2.45) is 0 Å². The Hall–Kier alpha value is -3.87. The van der Waals surface area contributed by atoms with Gasteiger partial charge >= 0.3 is 17.9 Å². The molecule has 4 N–H and O–H groups in total. The van der Waals surface area contributed by atoms with E-state index in [1.54, 1.807) is 12.2 Å². The van der Waals surface area contributed by atoms with E-state index in [0.717, 1.165) is 64.6 Å². The fourth-order valence-corrected chi connectivity index (χ4v) is 4.73. The van der Waals surface area contributed by atoms with Gasteiger partial charge in [0, 0.05) is 71.6 Å². The van der Waals surface area contributed by atoms with Crippen molar-refractivity contribution in [2.75, 3.05) is 46.1 Å². The molecule has 0 saturated heterocycles. The Morgan fingerprint density at radius 2 is 0.738 bits per heavy atom. The van der Waals surface area contributed by atoms with Crippen LogP contribution in [0.1, 0.15) is 138 Å². The topological polar surface area (TPSA) is 163 Å². The molecule has 0 aliphatic rings. The van der Waals surface area contributed by atoms with Crippen LogP contribution in [0.2, 0.25) is 0 Å². The number of aliphatic hydroxyl groups excluding tert-OH is 4. The third-order valence-electron chi connectivity index (χ3n) is 7.90. The number of aliphatic hydroxyl groups is 4. The standard InChI is InChI=1S/C14H27NO.C13H22O3.C11H18O3.C9H14O3.3CH4/c1-3-11-15(12-4-2)13-9-7-5-6-8-10-14-16;1-3-8-12(9-4-2)16-13(15)10-6-5-7-11-14;1-3-10(4-2)14-11(13)8-6-5-7-9-12;1-3-8(4-2)12-9(11)6-5-7-10;;;/h3-4,16H,1-2,5-14H2;3-4,12,14H,1-2,5-11H2;3-4,10,12H,1-2,5-9H2;3-4,8,10H,1-2,5-7H2;3*1H4. The Morgan fingerprint density at radius 3 is 1.07 bits per heavy atom. The highest BCUT2D eigenvalue weighted by atomic mass is 16.5. The molecular weight excluding hydrogens is 775 g/mol. The lowest BCUT2D eigenvalue weighted by molar-refractivity contribution is -0.149. The van der Waals surface area contributed by atoms with Crippen molar-refractivity contribution in [1.82, 2.24) is 4.90 Å². The van der Waals surface area contributed by atoms with E-state index in [4.69, 9.17) is 34.6 Å². The third kappa shape index (κ3) is 58.3. The second kappa shape index (κ2) is 60.4. The highest BCUT2D eigenvalue weighted by Crippen LogP contribution is 2.10. The van der Waals surface area contributed by atoms with Crippen molar-refractivity contribution in [3.63, 3.8) is 0 Å². The Morgan fingerprint density at radius 1 is 0.426 bits per heavy atom. The number of nitrogens with zero attached hydrogens (tertiary/aromatic N) is 1. The molecule has 0 aromatic rings. The van der Waals surface area contributed by atoms with E-state index in [2.05, 4.69) is 57.5 Å². The Kier molecular flexibility index (Phi) is 71.0. The van der Waals surface area contributed by atoms with Crippen molar-refractivity contribution in [1.29, 1.82) is 0 Å². The minimum absolute atomic E-state index is 0. The summed E-state index contributed by atoms with van der Waals surface area (Å²) in [4.78, 5) is 35.8. The molecule has 0 saturated carbocycles. The summed E-state index contributed by atoms with van der Waals surface area (Å²) in [6.45, 7) is 32.5. The van der Waals surface area contributed by atoms with Crippen LogP contribution >= 0.6 is 0 Å². The zero-order chi connectivity index (χ0) is 44.5. The van der Waals surface area contributed by atoms with Crippen LogP contribution in [-0.4, -0.2) is 108 Å². The highest BCUT2D eigenvalue weighted by molar-refractivity contribution is 5.70. The number of carbonyl (C=O) groups excluding carboxylic acids is 3. The molecule has 0 radical (unpaired) electrons. The van der Waals surface area contributed by atoms with Gasteiger partial charge in [-0.25, -0.2) is 0 Å². The number of hydrogen-bond acceptors (Lipinski definition) is 11. The van der Waals surface area contributed by atoms with Crippen LogP contribution in [0.15, 0.2) is 101 Å². The van der Waals surface area contributed by atoms with E-state index in [-0.39, 0.29) is 78.6 Å². The maximum absolute atomic E-state index is 11.4. The summed E-state index contributed by atoms with van der Waals surface area (Å²) in [6, 6.07) is 0. The van der Waals surface area contributed by atoms with E-state index in [1.807, 2.05) is 12.2 Å². The highest BCUT2D eigenvalue weighted by Gasteiger charge is 2.11. The molecule has 0 fully saturated rings. The molecule has 0 rings (SSSR count). The van der Waals surface area contributed by atoms with Gasteiger partial charge in [0.05, 0.1) is 0 Å². The molecule has 0 amide bonds. The summed E-state index contributed by atoms with van der Waals surface area (Å²) in [5, 5.41) is 34.1. The van der Waals surface area contributed by atoms with E-state index < -0.39 is 6.10 Å².